The average Bonchev–Trinajstić information content (AvgIpc) is 2.93. The lowest BCUT2D eigenvalue weighted by Crippen LogP contribution is -2.47. The first-order chi connectivity index (χ1) is 9.29. The highest BCUT2D eigenvalue weighted by molar-refractivity contribution is 5.98. The molecule has 0 spiro atoms. The number of carbonyl (C=O) groups is 1. The van der Waals surface area contributed by atoms with Gasteiger partial charge in [-0.2, -0.15) is 5.26 Å². The van der Waals surface area contributed by atoms with Gasteiger partial charge in [0.2, 0.25) is 0 Å². The van der Waals surface area contributed by atoms with Crippen molar-refractivity contribution in [3.05, 3.63) is 36.0 Å². The molecule has 2 aromatic rings. The number of carbonyl (C=O) groups excluding carboxylic acids is 1. The van der Waals surface area contributed by atoms with E-state index in [1.54, 1.807) is 11.0 Å². The lowest BCUT2D eigenvalue weighted by Gasteiger charge is -2.31. The topological polar surface area (TPSA) is 69.1 Å². The summed E-state index contributed by atoms with van der Waals surface area (Å²) in [5.74, 6) is -0.119. The number of fused-ring (bicyclic) bond motifs is 1. The molecular formula is C14H13N3O2. The minimum absolute atomic E-state index is 0.119. The molecule has 1 fully saturated rings. The molecule has 0 aliphatic carbocycles. The van der Waals surface area contributed by atoms with Gasteiger partial charge in [-0.25, -0.2) is 0 Å². The molecule has 0 saturated carbocycles. The van der Waals surface area contributed by atoms with Crippen molar-refractivity contribution in [1.82, 2.24) is 9.88 Å². The van der Waals surface area contributed by atoms with Crippen LogP contribution in [0.25, 0.3) is 10.9 Å². The second-order valence-corrected chi connectivity index (χ2v) is 4.50. The lowest BCUT2D eigenvalue weighted by atomic mass is 10.1. The number of nitrogens with zero attached hydrogens (tertiary/aromatic N) is 2. The van der Waals surface area contributed by atoms with Gasteiger partial charge in [0.15, 0.2) is 0 Å². The van der Waals surface area contributed by atoms with Crippen LogP contribution in [0, 0.1) is 11.3 Å². The molecule has 1 aliphatic heterocycles. The Morgan fingerprint density at radius 3 is 3.21 bits per heavy atom. The van der Waals surface area contributed by atoms with E-state index in [4.69, 9.17) is 10.00 Å². The van der Waals surface area contributed by atoms with Crippen LogP contribution in [-0.4, -0.2) is 41.6 Å². The number of benzene rings is 1. The Kier molecular flexibility index (Phi) is 2.94. The lowest BCUT2D eigenvalue weighted by molar-refractivity contribution is 0.0132. The third-order valence-corrected chi connectivity index (χ3v) is 3.34. The van der Waals surface area contributed by atoms with E-state index in [1.165, 1.54) is 0 Å². The molecule has 1 aromatic heterocycles. The molecule has 1 saturated heterocycles. The van der Waals surface area contributed by atoms with E-state index in [0.29, 0.717) is 18.7 Å². The van der Waals surface area contributed by atoms with Crippen LogP contribution in [0.2, 0.25) is 0 Å². The Bertz CT molecular complexity index is 656. The summed E-state index contributed by atoms with van der Waals surface area (Å²) in [6.45, 7) is 1.22. The molecule has 1 atom stereocenters. The number of H-pyrrole nitrogens is 1. The molecule has 1 amide bonds. The monoisotopic (exact) mass is 255 g/mol. The highest BCUT2D eigenvalue weighted by atomic mass is 16.5. The van der Waals surface area contributed by atoms with E-state index in [9.17, 15) is 4.79 Å². The van der Waals surface area contributed by atoms with Crippen molar-refractivity contribution < 1.29 is 9.53 Å². The maximum absolute atomic E-state index is 12.4. The first-order valence-corrected chi connectivity index (χ1v) is 6.15. The van der Waals surface area contributed by atoms with Gasteiger partial charge in [0.25, 0.3) is 5.91 Å². The zero-order valence-corrected chi connectivity index (χ0v) is 10.3. The maximum atomic E-state index is 12.4. The smallest absolute Gasteiger partial charge is 0.255 e. The van der Waals surface area contributed by atoms with Crippen LogP contribution in [0.3, 0.4) is 0 Å². The zero-order valence-electron chi connectivity index (χ0n) is 10.3. The highest BCUT2D eigenvalue weighted by Crippen LogP contribution is 2.17. The molecule has 2 heterocycles. The number of hydrogen-bond acceptors (Lipinski definition) is 3. The fourth-order valence-corrected chi connectivity index (χ4v) is 2.30. The molecule has 0 bridgehead atoms. The second kappa shape index (κ2) is 4.75. The van der Waals surface area contributed by atoms with Crippen LogP contribution in [0.4, 0.5) is 0 Å². The minimum Gasteiger partial charge on any atom is -0.376 e. The zero-order chi connectivity index (χ0) is 13.2. The summed E-state index contributed by atoms with van der Waals surface area (Å²) in [6.07, 6.45) is 1.84. The van der Waals surface area contributed by atoms with Crippen LogP contribution < -0.4 is 0 Å². The van der Waals surface area contributed by atoms with Crippen LogP contribution in [0.5, 0.6) is 0 Å². The van der Waals surface area contributed by atoms with Gasteiger partial charge in [-0.1, -0.05) is 6.07 Å². The van der Waals surface area contributed by atoms with E-state index in [0.717, 1.165) is 10.9 Å². The summed E-state index contributed by atoms with van der Waals surface area (Å²) < 4.78 is 5.22. The Labute approximate surface area is 110 Å². The number of morpholine rings is 1. The largest absolute Gasteiger partial charge is 0.376 e. The van der Waals surface area contributed by atoms with E-state index >= 15 is 0 Å². The minimum atomic E-state index is -0.499. The first kappa shape index (κ1) is 11.8. The summed E-state index contributed by atoms with van der Waals surface area (Å²) >= 11 is 0. The Hall–Kier alpha value is -2.32. The van der Waals surface area contributed by atoms with E-state index in [1.807, 2.05) is 24.4 Å². The van der Waals surface area contributed by atoms with Crippen molar-refractivity contribution in [3.8, 4) is 6.07 Å². The summed E-state index contributed by atoms with van der Waals surface area (Å²) in [5.41, 5.74) is 1.52. The molecule has 19 heavy (non-hydrogen) atoms. The summed E-state index contributed by atoms with van der Waals surface area (Å²) in [5, 5.41) is 10.1. The predicted octanol–water partition coefficient (Wildman–Crippen LogP) is 1.53. The van der Waals surface area contributed by atoms with Gasteiger partial charge in [0, 0.05) is 23.8 Å². The average molecular weight is 255 g/mol. The number of aromatic amines is 1. The standard InChI is InChI=1S/C14H13N3O2/c15-8-12-9-19-6-5-17(12)14(18)11-2-1-10-3-4-16-13(10)7-11/h1-4,7,12,16H,5-6,9H2. The van der Waals surface area contributed by atoms with E-state index in [2.05, 4.69) is 11.1 Å². The SMILES string of the molecule is N#CC1COCCN1C(=O)c1ccc2cc[nH]c2c1. The third-order valence-electron chi connectivity index (χ3n) is 3.34. The highest BCUT2D eigenvalue weighted by Gasteiger charge is 2.27. The van der Waals surface area contributed by atoms with Crippen molar-refractivity contribution in [2.24, 2.45) is 0 Å². The van der Waals surface area contributed by atoms with Gasteiger partial charge in [0.05, 0.1) is 19.3 Å². The van der Waals surface area contributed by atoms with Crippen molar-refractivity contribution in [2.45, 2.75) is 6.04 Å². The summed E-state index contributed by atoms with van der Waals surface area (Å²) in [7, 11) is 0. The van der Waals surface area contributed by atoms with Gasteiger partial charge >= 0.3 is 0 Å². The van der Waals surface area contributed by atoms with Crippen molar-refractivity contribution in [3.63, 3.8) is 0 Å². The van der Waals surface area contributed by atoms with Gasteiger partial charge < -0.3 is 14.6 Å². The van der Waals surface area contributed by atoms with Gasteiger partial charge in [0.1, 0.15) is 6.04 Å². The van der Waals surface area contributed by atoms with Crippen molar-refractivity contribution >= 4 is 16.8 Å². The Morgan fingerprint density at radius 1 is 1.47 bits per heavy atom. The fourth-order valence-electron chi connectivity index (χ4n) is 2.30. The number of nitriles is 1. The first-order valence-electron chi connectivity index (χ1n) is 6.15. The number of amides is 1. The molecule has 5 nitrogen and oxygen atoms in total. The van der Waals surface area contributed by atoms with Crippen LogP contribution in [-0.2, 0) is 4.74 Å². The van der Waals surface area contributed by atoms with Gasteiger partial charge in [-0.05, 0) is 23.6 Å². The van der Waals surface area contributed by atoms with E-state index in [-0.39, 0.29) is 12.5 Å². The van der Waals surface area contributed by atoms with Crippen LogP contribution >= 0.6 is 0 Å². The third kappa shape index (κ3) is 2.07. The van der Waals surface area contributed by atoms with Crippen LogP contribution in [0.15, 0.2) is 30.5 Å². The summed E-state index contributed by atoms with van der Waals surface area (Å²) in [6, 6.07) is 9.08. The quantitative estimate of drug-likeness (QED) is 0.840. The molecule has 1 N–H and O–H groups in total. The summed E-state index contributed by atoms with van der Waals surface area (Å²) in [4.78, 5) is 17.1. The molecular weight excluding hydrogens is 242 g/mol. The van der Waals surface area contributed by atoms with Crippen LogP contribution in [0.1, 0.15) is 10.4 Å². The van der Waals surface area contributed by atoms with E-state index < -0.39 is 6.04 Å². The molecule has 1 aromatic carbocycles. The number of rotatable bonds is 1. The number of aromatic nitrogens is 1. The molecule has 3 rings (SSSR count). The Balaban J connectivity index is 1.91. The van der Waals surface area contributed by atoms with Crippen molar-refractivity contribution in [1.29, 1.82) is 5.26 Å². The number of nitrogens with one attached hydrogen (secondary N) is 1. The molecule has 5 heteroatoms. The van der Waals surface area contributed by atoms with Crippen molar-refractivity contribution in [2.75, 3.05) is 19.8 Å². The van der Waals surface area contributed by atoms with Gasteiger partial charge in [-0.15, -0.1) is 0 Å². The number of hydrogen-bond donors (Lipinski definition) is 1. The second-order valence-electron chi connectivity index (χ2n) is 4.50. The number of ether oxygens (including phenoxy) is 1. The fraction of sp³-hybridized carbons (Fsp3) is 0.286. The van der Waals surface area contributed by atoms with Gasteiger partial charge in [-0.3, -0.25) is 4.79 Å². The maximum Gasteiger partial charge on any atom is 0.255 e. The molecule has 1 aliphatic rings. The normalized spacial score (nSPS) is 19.3. The predicted molar refractivity (Wildman–Crippen MR) is 69.6 cm³/mol. The molecule has 0 radical (unpaired) electrons. The molecule has 96 valence electrons. The molecule has 1 unspecified atom stereocenters. The Morgan fingerprint density at radius 2 is 2.37 bits per heavy atom.